The van der Waals surface area contributed by atoms with E-state index in [4.69, 9.17) is 15.8 Å². The average Bonchev–Trinajstić information content (AvgIpc) is 3.21. The third-order valence-electron chi connectivity index (χ3n) is 10.7. The summed E-state index contributed by atoms with van der Waals surface area (Å²) in [7, 11) is 0. The van der Waals surface area contributed by atoms with Gasteiger partial charge >= 0.3 is 0 Å². The molecule has 8 rings (SSSR count). The molecule has 254 valence electrons. The average molecular weight is 685 g/mol. The number of nitrogens with zero attached hydrogens (tertiary/aromatic N) is 1. The summed E-state index contributed by atoms with van der Waals surface area (Å²) in [4.78, 5) is 5.37. The summed E-state index contributed by atoms with van der Waals surface area (Å²) in [5.41, 5.74) is 10.9. The third kappa shape index (κ3) is 7.41. The summed E-state index contributed by atoms with van der Waals surface area (Å²) in [5, 5.41) is 21.7. The molecular weight excluding hydrogens is 641 g/mol. The standard InChI is InChI=1S/C46H44N4S/c47-44(35-14-6-2-7-15-35)51-45(48)36-26-20-31(21-27-36)39-28-38-18-10-11-19-40(38)41(29-39)32-22-24-34(25-23-32)43-30-42(33-12-4-1-5-13-33)49-46(50-43)37-16-8-3-9-17-37/h1-2,4-8,10,12-18,20-22,24,26-29,32,34,42-43,47-48H,3,9,11,19,23,25,30H2,(H,49,50). The molecule has 1 heterocycles. The van der Waals surface area contributed by atoms with Crippen LogP contribution in [0, 0.1) is 16.7 Å². The van der Waals surface area contributed by atoms with Crippen LogP contribution in [0.1, 0.15) is 83.9 Å². The molecule has 4 aromatic carbocycles. The van der Waals surface area contributed by atoms with Gasteiger partial charge in [0.1, 0.15) is 15.9 Å². The first-order valence-electron chi connectivity index (χ1n) is 18.4. The largest absolute Gasteiger partial charge is 0.363 e. The van der Waals surface area contributed by atoms with E-state index in [9.17, 15) is 0 Å². The fourth-order valence-corrected chi connectivity index (χ4v) is 8.69. The molecule has 4 atom stereocenters. The highest BCUT2D eigenvalue weighted by atomic mass is 32.2. The quantitative estimate of drug-likeness (QED) is 0.103. The zero-order valence-corrected chi connectivity index (χ0v) is 29.7. The van der Waals surface area contributed by atoms with Crippen LogP contribution in [-0.4, -0.2) is 22.0 Å². The van der Waals surface area contributed by atoms with E-state index in [1.54, 1.807) is 0 Å². The molecule has 3 N–H and O–H groups in total. The first-order valence-corrected chi connectivity index (χ1v) is 19.2. The highest BCUT2D eigenvalue weighted by Gasteiger charge is 2.32. The molecule has 0 amide bonds. The van der Waals surface area contributed by atoms with E-state index < -0.39 is 0 Å². The SMILES string of the molecule is N=C(SC(=N)c1ccc(-c2cc3c(c(C4C=CC(C5CC(c6ccccc6)NC(C6=CCCC=C6)=N5)CC4)c2)CCC=C3)cc1)c1ccccc1. The van der Waals surface area contributed by atoms with Gasteiger partial charge in [0, 0.05) is 22.6 Å². The molecule has 4 unspecified atom stereocenters. The molecule has 0 saturated carbocycles. The Hall–Kier alpha value is -5.00. The number of aliphatic imine (C=N–C) groups is 1. The predicted octanol–water partition coefficient (Wildman–Crippen LogP) is 11.2. The van der Waals surface area contributed by atoms with Crippen LogP contribution in [-0.2, 0) is 6.42 Å². The van der Waals surface area contributed by atoms with Crippen LogP contribution >= 0.6 is 11.8 Å². The number of hydrogen-bond acceptors (Lipinski definition) is 5. The molecule has 4 aliphatic rings. The molecule has 1 aliphatic heterocycles. The van der Waals surface area contributed by atoms with E-state index in [1.165, 1.54) is 45.2 Å². The van der Waals surface area contributed by atoms with Crippen LogP contribution in [0.25, 0.3) is 17.2 Å². The lowest BCUT2D eigenvalue weighted by molar-refractivity contribution is 0.366. The Balaban J connectivity index is 1.03. The Kier molecular flexibility index (Phi) is 9.81. The molecule has 0 bridgehead atoms. The highest BCUT2D eigenvalue weighted by Crippen LogP contribution is 2.41. The van der Waals surface area contributed by atoms with Gasteiger partial charge in [-0.3, -0.25) is 15.8 Å². The van der Waals surface area contributed by atoms with Crippen LogP contribution in [0.3, 0.4) is 0 Å². The number of allylic oxidation sites excluding steroid dienone is 4. The van der Waals surface area contributed by atoms with E-state index in [-0.39, 0.29) is 12.1 Å². The Morgan fingerprint density at radius 1 is 0.725 bits per heavy atom. The number of amidine groups is 1. The minimum Gasteiger partial charge on any atom is -0.363 e. The lowest BCUT2D eigenvalue weighted by Gasteiger charge is -2.36. The van der Waals surface area contributed by atoms with Crippen molar-refractivity contribution >= 4 is 33.8 Å². The minimum absolute atomic E-state index is 0.245. The van der Waals surface area contributed by atoms with Gasteiger partial charge in [-0.15, -0.1) is 0 Å². The third-order valence-corrected chi connectivity index (χ3v) is 11.6. The molecule has 0 saturated heterocycles. The van der Waals surface area contributed by atoms with Crippen LogP contribution in [0.15, 0.2) is 144 Å². The molecule has 4 aromatic rings. The molecule has 0 radical (unpaired) electrons. The van der Waals surface area contributed by atoms with Crippen LogP contribution in [0.5, 0.6) is 0 Å². The van der Waals surface area contributed by atoms with Crippen molar-refractivity contribution in [3.8, 4) is 11.1 Å². The molecule has 4 nitrogen and oxygen atoms in total. The maximum absolute atomic E-state index is 8.67. The van der Waals surface area contributed by atoms with Gasteiger partial charge in [0.05, 0.1) is 12.1 Å². The number of fused-ring (bicyclic) bond motifs is 1. The van der Waals surface area contributed by atoms with Gasteiger partial charge in [0.25, 0.3) is 0 Å². The summed E-state index contributed by atoms with van der Waals surface area (Å²) in [6, 6.07) is 34.1. The summed E-state index contributed by atoms with van der Waals surface area (Å²) >= 11 is 1.20. The van der Waals surface area contributed by atoms with Crippen molar-refractivity contribution in [3.05, 3.63) is 172 Å². The summed E-state index contributed by atoms with van der Waals surface area (Å²) in [6.07, 6.45) is 24.0. The molecule has 0 aromatic heterocycles. The summed E-state index contributed by atoms with van der Waals surface area (Å²) < 4.78 is 0. The van der Waals surface area contributed by atoms with Crippen molar-refractivity contribution in [2.24, 2.45) is 10.9 Å². The van der Waals surface area contributed by atoms with Crippen molar-refractivity contribution in [1.82, 2.24) is 5.32 Å². The van der Waals surface area contributed by atoms with Gasteiger partial charge in [-0.25, -0.2) is 0 Å². The molecule has 51 heavy (non-hydrogen) atoms. The second kappa shape index (κ2) is 15.1. The van der Waals surface area contributed by atoms with Crippen molar-refractivity contribution in [3.63, 3.8) is 0 Å². The van der Waals surface area contributed by atoms with E-state index >= 15 is 0 Å². The van der Waals surface area contributed by atoms with Gasteiger partial charge in [-0.05, 0) is 90.3 Å². The molecular formula is C46H44N4S. The van der Waals surface area contributed by atoms with E-state index in [2.05, 4.69) is 102 Å². The fourth-order valence-electron chi connectivity index (χ4n) is 7.98. The molecule has 0 fully saturated rings. The first-order chi connectivity index (χ1) is 25.1. The van der Waals surface area contributed by atoms with E-state index in [0.29, 0.717) is 21.9 Å². The number of hydrogen-bond donors (Lipinski definition) is 3. The maximum Gasteiger partial charge on any atom is 0.128 e. The van der Waals surface area contributed by atoms with Crippen LogP contribution in [0.4, 0.5) is 0 Å². The predicted molar refractivity (Wildman–Crippen MR) is 216 cm³/mol. The monoisotopic (exact) mass is 684 g/mol. The minimum atomic E-state index is 0.245. The molecule has 3 aliphatic carbocycles. The Morgan fingerprint density at radius 3 is 2.20 bits per heavy atom. The Labute approximate surface area is 306 Å². The number of rotatable bonds is 7. The van der Waals surface area contributed by atoms with E-state index in [1.807, 2.05) is 42.5 Å². The second-order valence-corrected chi connectivity index (χ2v) is 15.1. The second-order valence-electron chi connectivity index (χ2n) is 14.0. The van der Waals surface area contributed by atoms with Crippen molar-refractivity contribution in [2.75, 3.05) is 0 Å². The Bertz CT molecular complexity index is 2070. The van der Waals surface area contributed by atoms with Gasteiger partial charge in [0.2, 0.25) is 0 Å². The van der Waals surface area contributed by atoms with Gasteiger partial charge < -0.3 is 5.32 Å². The number of benzene rings is 4. The molecule has 0 spiro atoms. The van der Waals surface area contributed by atoms with Crippen molar-refractivity contribution < 1.29 is 0 Å². The normalized spacial score (nSPS) is 22.4. The number of nitrogens with one attached hydrogen (secondary N) is 3. The summed E-state index contributed by atoms with van der Waals surface area (Å²) in [5.74, 6) is 1.85. The van der Waals surface area contributed by atoms with Gasteiger partial charge in [0.15, 0.2) is 0 Å². The fraction of sp³-hybridized carbons (Fsp3) is 0.239. The van der Waals surface area contributed by atoms with Crippen molar-refractivity contribution in [2.45, 2.75) is 62.9 Å². The van der Waals surface area contributed by atoms with Crippen LogP contribution < -0.4 is 5.32 Å². The maximum atomic E-state index is 8.67. The van der Waals surface area contributed by atoms with Gasteiger partial charge in [-0.2, -0.15) is 0 Å². The molecule has 5 heteroatoms. The number of thioether (sulfide) groups is 1. The smallest absolute Gasteiger partial charge is 0.128 e. The highest BCUT2D eigenvalue weighted by molar-refractivity contribution is 8.27. The summed E-state index contributed by atoms with van der Waals surface area (Å²) in [6.45, 7) is 0. The lowest BCUT2D eigenvalue weighted by Crippen LogP contribution is -2.40. The van der Waals surface area contributed by atoms with E-state index in [0.717, 1.165) is 67.5 Å². The van der Waals surface area contributed by atoms with Gasteiger partial charge in [-0.1, -0.05) is 145 Å². The zero-order valence-electron chi connectivity index (χ0n) is 28.9. The Morgan fingerprint density at radius 2 is 1.47 bits per heavy atom. The van der Waals surface area contributed by atoms with Crippen LogP contribution in [0.2, 0.25) is 0 Å². The first kappa shape index (κ1) is 33.2. The topological polar surface area (TPSA) is 72.1 Å². The zero-order chi connectivity index (χ0) is 34.6. The van der Waals surface area contributed by atoms with Crippen molar-refractivity contribution in [1.29, 1.82) is 10.8 Å². The lowest BCUT2D eigenvalue weighted by atomic mass is 9.76.